The molecule has 4 aromatic rings. The number of fused-ring (bicyclic) bond motifs is 1. The Hall–Kier alpha value is -4.06. The first-order valence-electron chi connectivity index (χ1n) is 12.8. The molecule has 0 saturated heterocycles. The number of carbonyl (C=O) groups is 1. The van der Waals surface area contributed by atoms with Crippen molar-refractivity contribution in [2.75, 3.05) is 19.8 Å². The van der Waals surface area contributed by atoms with E-state index in [0.29, 0.717) is 19.7 Å². The number of aromatic nitrogens is 2. The van der Waals surface area contributed by atoms with Crippen LogP contribution in [0.5, 0.6) is 11.5 Å². The third-order valence-electron chi connectivity index (χ3n) is 6.24. The monoisotopic (exact) mass is 497 g/mol. The molecule has 1 N–H and O–H groups in total. The van der Waals surface area contributed by atoms with Gasteiger partial charge >= 0.3 is 0 Å². The topological polar surface area (TPSA) is 65.4 Å². The van der Waals surface area contributed by atoms with E-state index in [1.807, 2.05) is 74.5 Å². The zero-order chi connectivity index (χ0) is 26.0. The summed E-state index contributed by atoms with van der Waals surface area (Å²) in [6.45, 7) is 9.61. The molecule has 0 bridgehead atoms. The number of hydrogen-bond donors (Lipinski definition) is 1. The van der Waals surface area contributed by atoms with Crippen LogP contribution in [0, 0.1) is 13.8 Å². The van der Waals surface area contributed by atoms with Gasteiger partial charge in [-0.15, -0.1) is 6.58 Å². The predicted molar refractivity (Wildman–Crippen MR) is 148 cm³/mol. The fourth-order valence-corrected chi connectivity index (χ4v) is 4.31. The van der Waals surface area contributed by atoms with Crippen LogP contribution in [0.4, 0.5) is 0 Å². The first-order valence-corrected chi connectivity index (χ1v) is 12.8. The van der Waals surface area contributed by atoms with Crippen molar-refractivity contribution in [2.24, 2.45) is 0 Å². The third kappa shape index (κ3) is 7.00. The van der Waals surface area contributed by atoms with Gasteiger partial charge in [-0.2, -0.15) is 0 Å². The average molecular weight is 498 g/mol. The Morgan fingerprint density at radius 1 is 1.03 bits per heavy atom. The number of para-hydroxylation sites is 3. The highest BCUT2D eigenvalue weighted by atomic mass is 16.5. The van der Waals surface area contributed by atoms with E-state index < -0.39 is 0 Å². The van der Waals surface area contributed by atoms with E-state index in [9.17, 15) is 4.79 Å². The van der Waals surface area contributed by atoms with E-state index in [0.717, 1.165) is 64.3 Å². The molecule has 0 fully saturated rings. The minimum atomic E-state index is -0.124. The maximum absolute atomic E-state index is 12.3. The molecule has 0 unspecified atom stereocenters. The number of rotatable bonds is 13. The summed E-state index contributed by atoms with van der Waals surface area (Å²) in [6, 6.07) is 22.2. The fourth-order valence-electron chi connectivity index (χ4n) is 4.31. The van der Waals surface area contributed by atoms with E-state index in [2.05, 4.69) is 28.6 Å². The second-order valence-electron chi connectivity index (χ2n) is 9.13. The Morgan fingerprint density at radius 2 is 1.84 bits per heavy atom. The Kier molecular flexibility index (Phi) is 8.98. The van der Waals surface area contributed by atoms with Gasteiger partial charge in [-0.3, -0.25) is 4.79 Å². The highest BCUT2D eigenvalue weighted by Gasteiger charge is 2.12. The van der Waals surface area contributed by atoms with Gasteiger partial charge in [0.15, 0.2) is 6.61 Å². The first-order chi connectivity index (χ1) is 18.0. The normalized spacial score (nSPS) is 10.9. The number of amides is 1. The standard InChI is InChI=1S/C31H35N3O3/c1-4-10-25-11-5-8-14-28(25)36-20-19-34-27-13-7-6-12-26(27)33-30(34)15-9-18-32-31(35)22-37-29-21-23(2)16-17-24(29)3/h4-8,11-14,16-17,21H,1,9-10,15,18-20,22H2,2-3H3,(H,32,35). The average Bonchev–Trinajstić information content (AvgIpc) is 3.25. The summed E-state index contributed by atoms with van der Waals surface area (Å²) >= 11 is 0. The molecule has 0 aliphatic heterocycles. The molecule has 0 saturated carbocycles. The number of imidazole rings is 1. The van der Waals surface area contributed by atoms with Gasteiger partial charge in [-0.05, 0) is 67.6 Å². The second kappa shape index (κ2) is 12.8. The Balaban J connectivity index is 1.30. The van der Waals surface area contributed by atoms with Crippen LogP contribution < -0.4 is 14.8 Å². The number of benzene rings is 3. The van der Waals surface area contributed by atoms with Gasteiger partial charge in [0.05, 0.1) is 17.6 Å². The smallest absolute Gasteiger partial charge is 0.257 e. The molecule has 0 aliphatic rings. The fraction of sp³-hybridized carbons (Fsp3) is 0.290. The van der Waals surface area contributed by atoms with Gasteiger partial charge in [0.2, 0.25) is 0 Å². The second-order valence-corrected chi connectivity index (χ2v) is 9.13. The van der Waals surface area contributed by atoms with Crippen LogP contribution in [0.25, 0.3) is 11.0 Å². The summed E-state index contributed by atoms with van der Waals surface area (Å²) in [5.41, 5.74) is 5.31. The maximum Gasteiger partial charge on any atom is 0.257 e. The molecular weight excluding hydrogens is 462 g/mol. The van der Waals surface area contributed by atoms with Crippen LogP contribution in [0.1, 0.15) is 28.9 Å². The highest BCUT2D eigenvalue weighted by Crippen LogP contribution is 2.21. The SMILES string of the molecule is C=CCc1ccccc1OCCn1c(CCCNC(=O)COc2cc(C)ccc2C)nc2ccccc21. The summed E-state index contributed by atoms with van der Waals surface area (Å²) in [5, 5.41) is 2.96. The van der Waals surface area contributed by atoms with Gasteiger partial charge in [-0.1, -0.05) is 48.5 Å². The molecule has 3 aromatic carbocycles. The number of ether oxygens (including phenoxy) is 2. The van der Waals surface area contributed by atoms with Crippen LogP contribution >= 0.6 is 0 Å². The van der Waals surface area contributed by atoms with E-state index >= 15 is 0 Å². The molecule has 6 heteroatoms. The molecule has 0 atom stereocenters. The lowest BCUT2D eigenvalue weighted by Crippen LogP contribution is -2.30. The zero-order valence-electron chi connectivity index (χ0n) is 21.7. The number of carbonyl (C=O) groups excluding carboxylic acids is 1. The summed E-state index contributed by atoms with van der Waals surface area (Å²) < 4.78 is 14.1. The molecule has 0 spiro atoms. The summed E-state index contributed by atoms with van der Waals surface area (Å²) in [6.07, 6.45) is 4.19. The molecule has 37 heavy (non-hydrogen) atoms. The van der Waals surface area contributed by atoms with Gasteiger partial charge in [0, 0.05) is 13.0 Å². The van der Waals surface area contributed by atoms with Gasteiger partial charge in [0.25, 0.3) is 5.91 Å². The maximum atomic E-state index is 12.3. The molecule has 1 heterocycles. The highest BCUT2D eigenvalue weighted by molar-refractivity contribution is 5.77. The lowest BCUT2D eigenvalue weighted by atomic mass is 10.1. The quantitative estimate of drug-likeness (QED) is 0.193. The van der Waals surface area contributed by atoms with Crippen molar-refractivity contribution in [3.05, 3.63) is 102 Å². The molecule has 1 amide bonds. The lowest BCUT2D eigenvalue weighted by molar-refractivity contribution is -0.123. The number of nitrogens with one attached hydrogen (secondary N) is 1. The van der Waals surface area contributed by atoms with Crippen LogP contribution in [-0.2, 0) is 24.2 Å². The van der Waals surface area contributed by atoms with Gasteiger partial charge < -0.3 is 19.4 Å². The lowest BCUT2D eigenvalue weighted by Gasteiger charge is -2.13. The minimum Gasteiger partial charge on any atom is -0.491 e. The van der Waals surface area contributed by atoms with E-state index in [4.69, 9.17) is 14.5 Å². The molecule has 6 nitrogen and oxygen atoms in total. The zero-order valence-corrected chi connectivity index (χ0v) is 21.7. The molecule has 4 rings (SSSR count). The molecule has 0 radical (unpaired) electrons. The van der Waals surface area contributed by atoms with Crippen molar-refractivity contribution < 1.29 is 14.3 Å². The number of nitrogens with zero attached hydrogens (tertiary/aromatic N) is 2. The Morgan fingerprint density at radius 3 is 2.70 bits per heavy atom. The first kappa shape index (κ1) is 26.0. The Labute approximate surface area is 218 Å². The van der Waals surface area contributed by atoms with E-state index in [1.165, 1.54) is 0 Å². The largest absolute Gasteiger partial charge is 0.491 e. The van der Waals surface area contributed by atoms with Gasteiger partial charge in [0.1, 0.15) is 23.9 Å². The minimum absolute atomic E-state index is 0.00741. The van der Waals surface area contributed by atoms with Crippen molar-refractivity contribution in [2.45, 2.75) is 39.7 Å². The van der Waals surface area contributed by atoms with Crippen LogP contribution in [-0.4, -0.2) is 35.2 Å². The predicted octanol–water partition coefficient (Wildman–Crippen LogP) is 5.59. The van der Waals surface area contributed by atoms with E-state index in [1.54, 1.807) is 0 Å². The molecule has 1 aromatic heterocycles. The Bertz CT molecular complexity index is 1360. The molecule has 0 aliphatic carbocycles. The van der Waals surface area contributed by atoms with Crippen molar-refractivity contribution in [3.8, 4) is 11.5 Å². The van der Waals surface area contributed by atoms with Crippen LogP contribution in [0.2, 0.25) is 0 Å². The summed E-state index contributed by atoms with van der Waals surface area (Å²) in [4.78, 5) is 17.2. The van der Waals surface area contributed by atoms with Crippen LogP contribution in [0.3, 0.4) is 0 Å². The summed E-state index contributed by atoms with van der Waals surface area (Å²) in [5.74, 6) is 2.50. The summed E-state index contributed by atoms with van der Waals surface area (Å²) in [7, 11) is 0. The van der Waals surface area contributed by atoms with E-state index in [-0.39, 0.29) is 12.5 Å². The van der Waals surface area contributed by atoms with Crippen molar-refractivity contribution in [1.82, 2.24) is 14.9 Å². The van der Waals surface area contributed by atoms with Gasteiger partial charge in [-0.25, -0.2) is 4.98 Å². The third-order valence-corrected chi connectivity index (χ3v) is 6.24. The number of aryl methyl sites for hydroxylation is 3. The molecular formula is C31H35N3O3. The number of hydrogen-bond acceptors (Lipinski definition) is 4. The van der Waals surface area contributed by atoms with Crippen LogP contribution in [0.15, 0.2) is 79.4 Å². The molecule has 192 valence electrons. The van der Waals surface area contributed by atoms with Crippen molar-refractivity contribution in [1.29, 1.82) is 0 Å². The van der Waals surface area contributed by atoms with Crippen molar-refractivity contribution >= 4 is 16.9 Å². The number of allylic oxidation sites excluding steroid dienone is 1. The van der Waals surface area contributed by atoms with Crippen molar-refractivity contribution in [3.63, 3.8) is 0 Å².